The lowest BCUT2D eigenvalue weighted by Crippen LogP contribution is -2.49. The number of carbonyl (C=O) groups is 2. The number of nitrogens with zero attached hydrogens (tertiary/aromatic N) is 1. The number of carbonyl (C=O) groups excluding carboxylic acids is 2. The standard InChI is InChI=1S/C21H24Cl2N2O2/c1-3-19(21(27)24-4-2)25(14-16-10-11-17(22)13-18(16)23)20(26)12-15-8-6-5-7-9-15/h5-11,13,19H,3-4,12,14H2,1-2H3,(H,24,27). The van der Waals surface area contributed by atoms with Crippen molar-refractivity contribution in [2.75, 3.05) is 6.54 Å². The summed E-state index contributed by atoms with van der Waals surface area (Å²) in [6.07, 6.45) is 0.736. The van der Waals surface area contributed by atoms with Crippen LogP contribution in [0.5, 0.6) is 0 Å². The first kappa shape index (κ1) is 21.3. The van der Waals surface area contributed by atoms with Crippen LogP contribution in [-0.4, -0.2) is 29.3 Å². The second kappa shape index (κ2) is 10.3. The van der Waals surface area contributed by atoms with E-state index in [0.29, 0.717) is 23.0 Å². The average Bonchev–Trinajstić information content (AvgIpc) is 2.64. The van der Waals surface area contributed by atoms with Gasteiger partial charge in [0.25, 0.3) is 0 Å². The highest BCUT2D eigenvalue weighted by Gasteiger charge is 2.28. The summed E-state index contributed by atoms with van der Waals surface area (Å²) in [7, 11) is 0. The number of likely N-dealkylation sites (N-methyl/N-ethyl adjacent to an activating group) is 1. The molecule has 0 saturated carbocycles. The van der Waals surface area contributed by atoms with E-state index in [2.05, 4.69) is 5.32 Å². The molecule has 0 saturated heterocycles. The van der Waals surface area contributed by atoms with E-state index in [1.165, 1.54) is 0 Å². The number of nitrogens with one attached hydrogen (secondary N) is 1. The third-order valence-electron chi connectivity index (χ3n) is 4.29. The van der Waals surface area contributed by atoms with Crippen molar-refractivity contribution in [1.29, 1.82) is 0 Å². The van der Waals surface area contributed by atoms with E-state index in [-0.39, 0.29) is 24.8 Å². The molecule has 0 heterocycles. The molecule has 1 atom stereocenters. The summed E-state index contributed by atoms with van der Waals surface area (Å²) >= 11 is 12.3. The van der Waals surface area contributed by atoms with E-state index in [9.17, 15) is 9.59 Å². The Morgan fingerprint density at radius 3 is 2.37 bits per heavy atom. The number of hydrogen-bond acceptors (Lipinski definition) is 2. The van der Waals surface area contributed by atoms with Crippen molar-refractivity contribution < 1.29 is 9.59 Å². The van der Waals surface area contributed by atoms with Gasteiger partial charge in [0.15, 0.2) is 0 Å². The Balaban J connectivity index is 2.31. The van der Waals surface area contributed by atoms with Gasteiger partial charge in [0.1, 0.15) is 6.04 Å². The molecule has 144 valence electrons. The molecule has 0 fully saturated rings. The molecule has 0 aromatic heterocycles. The lowest BCUT2D eigenvalue weighted by atomic mass is 10.1. The Morgan fingerprint density at radius 2 is 1.78 bits per heavy atom. The van der Waals surface area contributed by atoms with E-state index in [0.717, 1.165) is 11.1 Å². The highest BCUT2D eigenvalue weighted by atomic mass is 35.5. The molecular weight excluding hydrogens is 383 g/mol. The van der Waals surface area contributed by atoms with Gasteiger partial charge in [-0.05, 0) is 36.6 Å². The lowest BCUT2D eigenvalue weighted by molar-refractivity contribution is -0.140. The van der Waals surface area contributed by atoms with Crippen LogP contribution in [0.25, 0.3) is 0 Å². The van der Waals surface area contributed by atoms with Crippen LogP contribution in [0.2, 0.25) is 10.0 Å². The topological polar surface area (TPSA) is 49.4 Å². The zero-order valence-electron chi connectivity index (χ0n) is 15.5. The zero-order chi connectivity index (χ0) is 19.8. The molecule has 1 N–H and O–H groups in total. The smallest absolute Gasteiger partial charge is 0.242 e. The molecule has 1 unspecified atom stereocenters. The summed E-state index contributed by atoms with van der Waals surface area (Å²) in [5, 5.41) is 3.83. The van der Waals surface area contributed by atoms with Gasteiger partial charge in [0.05, 0.1) is 6.42 Å². The Hall–Kier alpha value is -2.04. The van der Waals surface area contributed by atoms with Gasteiger partial charge in [-0.25, -0.2) is 0 Å². The van der Waals surface area contributed by atoms with Crippen LogP contribution in [0.4, 0.5) is 0 Å². The highest BCUT2D eigenvalue weighted by molar-refractivity contribution is 6.35. The van der Waals surface area contributed by atoms with Gasteiger partial charge in [0.2, 0.25) is 11.8 Å². The molecule has 0 aliphatic rings. The molecule has 2 amide bonds. The maximum atomic E-state index is 13.1. The minimum atomic E-state index is -0.562. The highest BCUT2D eigenvalue weighted by Crippen LogP contribution is 2.24. The maximum Gasteiger partial charge on any atom is 0.242 e. The SMILES string of the molecule is CCNC(=O)C(CC)N(Cc1ccc(Cl)cc1Cl)C(=O)Cc1ccccc1. The minimum Gasteiger partial charge on any atom is -0.355 e. The van der Waals surface area contributed by atoms with E-state index in [1.54, 1.807) is 23.1 Å². The van der Waals surface area contributed by atoms with E-state index >= 15 is 0 Å². The van der Waals surface area contributed by atoms with Crippen molar-refractivity contribution in [3.05, 3.63) is 69.7 Å². The summed E-state index contributed by atoms with van der Waals surface area (Å²) in [4.78, 5) is 27.2. The van der Waals surface area contributed by atoms with Crippen LogP contribution in [0, 0.1) is 0 Å². The van der Waals surface area contributed by atoms with Crippen LogP contribution >= 0.6 is 23.2 Å². The Morgan fingerprint density at radius 1 is 1.07 bits per heavy atom. The molecule has 0 radical (unpaired) electrons. The van der Waals surface area contributed by atoms with Gasteiger partial charge in [-0.3, -0.25) is 9.59 Å². The Bertz CT molecular complexity index is 781. The summed E-state index contributed by atoms with van der Waals surface area (Å²) in [5.74, 6) is -0.281. The average molecular weight is 407 g/mol. The second-order valence-electron chi connectivity index (χ2n) is 6.24. The second-order valence-corrected chi connectivity index (χ2v) is 7.08. The third kappa shape index (κ3) is 5.98. The van der Waals surface area contributed by atoms with Gasteiger partial charge < -0.3 is 10.2 Å². The Kier molecular flexibility index (Phi) is 8.14. The molecule has 2 rings (SSSR count). The van der Waals surface area contributed by atoms with Crippen LogP contribution < -0.4 is 5.32 Å². The number of benzene rings is 2. The third-order valence-corrected chi connectivity index (χ3v) is 4.88. The largest absolute Gasteiger partial charge is 0.355 e. The molecule has 2 aromatic carbocycles. The normalized spacial score (nSPS) is 11.7. The maximum absolute atomic E-state index is 13.1. The predicted molar refractivity (Wildman–Crippen MR) is 110 cm³/mol. The molecule has 2 aromatic rings. The predicted octanol–water partition coefficient (Wildman–Crippen LogP) is 4.48. The van der Waals surface area contributed by atoms with E-state index in [4.69, 9.17) is 23.2 Å². The Labute approximate surface area is 170 Å². The van der Waals surface area contributed by atoms with Crippen molar-refractivity contribution in [1.82, 2.24) is 10.2 Å². The first-order valence-electron chi connectivity index (χ1n) is 9.01. The van der Waals surface area contributed by atoms with E-state index in [1.807, 2.05) is 44.2 Å². The lowest BCUT2D eigenvalue weighted by Gasteiger charge is -2.31. The van der Waals surface area contributed by atoms with Gasteiger partial charge in [0, 0.05) is 23.1 Å². The molecule has 27 heavy (non-hydrogen) atoms. The summed E-state index contributed by atoms with van der Waals surface area (Å²) in [6, 6.07) is 14.1. The monoisotopic (exact) mass is 406 g/mol. The quantitative estimate of drug-likeness (QED) is 0.702. The fourth-order valence-corrected chi connectivity index (χ4v) is 3.39. The molecule has 6 heteroatoms. The number of hydrogen-bond donors (Lipinski definition) is 1. The fraction of sp³-hybridized carbons (Fsp3) is 0.333. The molecule has 0 spiro atoms. The number of amides is 2. The van der Waals surface area contributed by atoms with Crippen molar-refractivity contribution >= 4 is 35.0 Å². The molecule has 4 nitrogen and oxygen atoms in total. The van der Waals surface area contributed by atoms with Gasteiger partial charge in [-0.15, -0.1) is 0 Å². The minimum absolute atomic E-state index is 0.120. The summed E-state index contributed by atoms with van der Waals surface area (Å²) in [5.41, 5.74) is 1.66. The fourth-order valence-electron chi connectivity index (χ4n) is 2.92. The molecule has 0 bridgehead atoms. The summed E-state index contributed by atoms with van der Waals surface area (Å²) < 4.78 is 0. The number of halogens is 2. The van der Waals surface area contributed by atoms with Gasteiger partial charge >= 0.3 is 0 Å². The van der Waals surface area contributed by atoms with Crippen LogP contribution in [0.15, 0.2) is 48.5 Å². The molecular formula is C21H24Cl2N2O2. The first-order valence-corrected chi connectivity index (χ1v) is 9.76. The van der Waals surface area contributed by atoms with Crippen molar-refractivity contribution in [2.24, 2.45) is 0 Å². The first-order chi connectivity index (χ1) is 13.0. The van der Waals surface area contributed by atoms with Gasteiger partial charge in [-0.1, -0.05) is 66.5 Å². The zero-order valence-corrected chi connectivity index (χ0v) is 17.1. The summed E-state index contributed by atoms with van der Waals surface area (Å²) in [6.45, 7) is 4.51. The number of rotatable bonds is 8. The molecule has 0 aliphatic heterocycles. The van der Waals surface area contributed by atoms with Crippen molar-refractivity contribution in [3.63, 3.8) is 0 Å². The molecule has 0 aliphatic carbocycles. The van der Waals surface area contributed by atoms with Crippen LogP contribution in [0.3, 0.4) is 0 Å². The van der Waals surface area contributed by atoms with Gasteiger partial charge in [-0.2, -0.15) is 0 Å². The van der Waals surface area contributed by atoms with Crippen molar-refractivity contribution in [3.8, 4) is 0 Å². The van der Waals surface area contributed by atoms with E-state index < -0.39 is 6.04 Å². The van der Waals surface area contributed by atoms with Crippen LogP contribution in [-0.2, 0) is 22.6 Å². The van der Waals surface area contributed by atoms with Crippen LogP contribution in [0.1, 0.15) is 31.4 Å². The van der Waals surface area contributed by atoms with Crippen molar-refractivity contribution in [2.45, 2.75) is 39.3 Å².